The van der Waals surface area contributed by atoms with Gasteiger partial charge in [-0.3, -0.25) is 10.1 Å². The van der Waals surface area contributed by atoms with Crippen LogP contribution in [0.4, 0.5) is 17.1 Å². The van der Waals surface area contributed by atoms with E-state index in [0.717, 1.165) is 6.42 Å². The van der Waals surface area contributed by atoms with E-state index in [1.165, 1.54) is 0 Å². The number of para-hydroxylation sites is 1. The predicted molar refractivity (Wildman–Crippen MR) is 76.9 cm³/mol. The van der Waals surface area contributed by atoms with Crippen LogP contribution < -0.4 is 10.6 Å². The highest BCUT2D eigenvalue weighted by molar-refractivity contribution is 5.76. The van der Waals surface area contributed by atoms with Gasteiger partial charge in [0.1, 0.15) is 11.4 Å². The van der Waals surface area contributed by atoms with Crippen LogP contribution in [0.25, 0.3) is 0 Å². The number of nitro groups is 1. The van der Waals surface area contributed by atoms with Crippen LogP contribution in [-0.2, 0) is 4.74 Å². The number of ether oxygens (including phenoxy) is 1. The lowest BCUT2D eigenvalue weighted by atomic mass is 10.2. The predicted octanol–water partition coefficient (Wildman–Crippen LogP) is 2.87. The maximum atomic E-state index is 11.2. The SMILES string of the molecule is CCCNc1cccc(NCCOCC)c1[N+](=O)[O-]. The number of nitro benzene ring substituents is 1. The molecule has 0 saturated carbocycles. The van der Waals surface area contributed by atoms with Crippen molar-refractivity contribution in [1.29, 1.82) is 0 Å². The number of hydrogen-bond acceptors (Lipinski definition) is 5. The summed E-state index contributed by atoms with van der Waals surface area (Å²) in [6.07, 6.45) is 0.916. The van der Waals surface area contributed by atoms with Gasteiger partial charge in [-0.2, -0.15) is 0 Å². The maximum absolute atomic E-state index is 11.2. The zero-order valence-corrected chi connectivity index (χ0v) is 11.4. The molecule has 0 atom stereocenters. The summed E-state index contributed by atoms with van der Waals surface area (Å²) in [5.41, 5.74) is 1.16. The molecule has 0 aliphatic heterocycles. The first kappa shape index (κ1) is 15.2. The van der Waals surface area contributed by atoms with E-state index in [1.54, 1.807) is 18.2 Å². The van der Waals surface area contributed by atoms with Crippen molar-refractivity contribution < 1.29 is 9.66 Å². The van der Waals surface area contributed by atoms with Crippen LogP contribution in [-0.4, -0.2) is 31.2 Å². The van der Waals surface area contributed by atoms with Crippen LogP contribution >= 0.6 is 0 Å². The summed E-state index contributed by atoms with van der Waals surface area (Å²) < 4.78 is 5.20. The van der Waals surface area contributed by atoms with Crippen LogP contribution in [0.15, 0.2) is 18.2 Å². The third-order valence-electron chi connectivity index (χ3n) is 2.55. The Balaban J connectivity index is 2.80. The quantitative estimate of drug-likeness (QED) is 0.409. The van der Waals surface area contributed by atoms with Gasteiger partial charge in [0.2, 0.25) is 0 Å². The Morgan fingerprint density at radius 3 is 2.37 bits per heavy atom. The van der Waals surface area contributed by atoms with Crippen molar-refractivity contribution in [1.82, 2.24) is 0 Å². The highest BCUT2D eigenvalue weighted by Gasteiger charge is 2.18. The fraction of sp³-hybridized carbons (Fsp3) is 0.538. The zero-order chi connectivity index (χ0) is 14.1. The maximum Gasteiger partial charge on any atom is 0.315 e. The summed E-state index contributed by atoms with van der Waals surface area (Å²) in [7, 11) is 0. The lowest BCUT2D eigenvalue weighted by Crippen LogP contribution is -2.11. The van der Waals surface area contributed by atoms with Gasteiger partial charge in [0.05, 0.1) is 11.5 Å². The lowest BCUT2D eigenvalue weighted by Gasteiger charge is -2.11. The van der Waals surface area contributed by atoms with Gasteiger partial charge in [-0.05, 0) is 25.5 Å². The summed E-state index contributed by atoms with van der Waals surface area (Å²) in [5, 5.41) is 17.3. The summed E-state index contributed by atoms with van der Waals surface area (Å²) in [6, 6.07) is 5.23. The number of nitrogens with one attached hydrogen (secondary N) is 2. The molecule has 0 bridgehead atoms. The third kappa shape index (κ3) is 4.75. The Hall–Kier alpha value is -1.82. The van der Waals surface area contributed by atoms with Crippen LogP contribution in [0.3, 0.4) is 0 Å². The first-order chi connectivity index (χ1) is 9.20. The van der Waals surface area contributed by atoms with Gasteiger partial charge in [-0.1, -0.05) is 13.0 Å². The molecule has 0 aliphatic carbocycles. The minimum absolute atomic E-state index is 0.0902. The van der Waals surface area contributed by atoms with Crippen molar-refractivity contribution in [3.63, 3.8) is 0 Å². The van der Waals surface area contributed by atoms with Gasteiger partial charge in [0, 0.05) is 19.7 Å². The number of anilines is 2. The molecule has 6 heteroatoms. The fourth-order valence-corrected chi connectivity index (χ4v) is 1.69. The average Bonchev–Trinajstić information content (AvgIpc) is 2.41. The van der Waals surface area contributed by atoms with Crippen molar-refractivity contribution in [2.45, 2.75) is 20.3 Å². The van der Waals surface area contributed by atoms with E-state index in [2.05, 4.69) is 10.6 Å². The molecule has 0 radical (unpaired) electrons. The molecular formula is C13H21N3O3. The Labute approximate surface area is 113 Å². The van der Waals surface area contributed by atoms with Crippen LogP contribution in [0.5, 0.6) is 0 Å². The first-order valence-corrected chi connectivity index (χ1v) is 6.53. The molecule has 2 N–H and O–H groups in total. The number of hydrogen-bond donors (Lipinski definition) is 2. The molecule has 0 aliphatic rings. The molecule has 0 amide bonds. The zero-order valence-electron chi connectivity index (χ0n) is 11.4. The second-order valence-corrected chi connectivity index (χ2v) is 4.01. The standard InChI is InChI=1S/C13H21N3O3/c1-3-8-14-11-6-5-7-12(13(11)16(17)18)15-9-10-19-4-2/h5-7,14-15H,3-4,8-10H2,1-2H3. The summed E-state index contributed by atoms with van der Waals surface area (Å²) in [5.74, 6) is 0. The summed E-state index contributed by atoms with van der Waals surface area (Å²) in [6.45, 7) is 6.36. The lowest BCUT2D eigenvalue weighted by molar-refractivity contribution is -0.383. The highest BCUT2D eigenvalue weighted by atomic mass is 16.6. The van der Waals surface area contributed by atoms with Crippen molar-refractivity contribution in [2.75, 3.05) is 36.9 Å². The summed E-state index contributed by atoms with van der Waals surface area (Å²) in [4.78, 5) is 10.8. The second kappa shape index (κ2) is 8.31. The molecule has 0 spiro atoms. The molecule has 0 fully saturated rings. The Morgan fingerprint density at radius 1 is 1.21 bits per heavy atom. The van der Waals surface area contributed by atoms with E-state index in [0.29, 0.717) is 37.7 Å². The third-order valence-corrected chi connectivity index (χ3v) is 2.55. The fourth-order valence-electron chi connectivity index (χ4n) is 1.69. The van der Waals surface area contributed by atoms with Crippen LogP contribution in [0.2, 0.25) is 0 Å². The number of nitrogens with zero attached hydrogens (tertiary/aromatic N) is 1. The van der Waals surface area contributed by atoms with Gasteiger partial charge in [-0.15, -0.1) is 0 Å². The molecule has 6 nitrogen and oxygen atoms in total. The van der Waals surface area contributed by atoms with E-state index in [-0.39, 0.29) is 10.6 Å². The van der Waals surface area contributed by atoms with E-state index in [9.17, 15) is 10.1 Å². The van der Waals surface area contributed by atoms with Crippen molar-refractivity contribution in [3.8, 4) is 0 Å². The Bertz CT molecular complexity index is 410. The van der Waals surface area contributed by atoms with Gasteiger partial charge in [-0.25, -0.2) is 0 Å². The van der Waals surface area contributed by atoms with E-state index in [1.807, 2.05) is 13.8 Å². The number of rotatable bonds is 9. The molecule has 0 saturated heterocycles. The highest BCUT2D eigenvalue weighted by Crippen LogP contribution is 2.32. The van der Waals surface area contributed by atoms with E-state index < -0.39 is 0 Å². The monoisotopic (exact) mass is 267 g/mol. The van der Waals surface area contributed by atoms with E-state index >= 15 is 0 Å². The van der Waals surface area contributed by atoms with Gasteiger partial charge < -0.3 is 15.4 Å². The molecule has 0 unspecified atom stereocenters. The van der Waals surface area contributed by atoms with Crippen molar-refractivity contribution >= 4 is 17.1 Å². The molecule has 19 heavy (non-hydrogen) atoms. The van der Waals surface area contributed by atoms with Gasteiger partial charge >= 0.3 is 5.69 Å². The molecule has 106 valence electrons. The average molecular weight is 267 g/mol. The molecular weight excluding hydrogens is 246 g/mol. The summed E-state index contributed by atoms with van der Waals surface area (Å²) >= 11 is 0. The molecule has 0 heterocycles. The van der Waals surface area contributed by atoms with Gasteiger partial charge in [0.15, 0.2) is 0 Å². The first-order valence-electron chi connectivity index (χ1n) is 6.53. The van der Waals surface area contributed by atoms with Crippen LogP contribution in [0.1, 0.15) is 20.3 Å². The molecule has 1 aromatic carbocycles. The molecule has 1 aromatic rings. The van der Waals surface area contributed by atoms with Crippen LogP contribution in [0, 0.1) is 10.1 Å². The van der Waals surface area contributed by atoms with Crippen molar-refractivity contribution in [2.24, 2.45) is 0 Å². The molecule has 1 rings (SSSR count). The minimum atomic E-state index is -0.360. The normalized spacial score (nSPS) is 10.2. The Kier molecular flexibility index (Phi) is 6.67. The number of benzene rings is 1. The van der Waals surface area contributed by atoms with Crippen molar-refractivity contribution in [3.05, 3.63) is 28.3 Å². The Morgan fingerprint density at radius 2 is 1.84 bits per heavy atom. The largest absolute Gasteiger partial charge is 0.380 e. The van der Waals surface area contributed by atoms with E-state index in [4.69, 9.17) is 4.74 Å². The van der Waals surface area contributed by atoms with Gasteiger partial charge in [0.25, 0.3) is 0 Å². The topological polar surface area (TPSA) is 76.4 Å². The minimum Gasteiger partial charge on any atom is -0.380 e. The molecule has 0 aromatic heterocycles. The second-order valence-electron chi connectivity index (χ2n) is 4.01. The smallest absolute Gasteiger partial charge is 0.315 e.